The summed E-state index contributed by atoms with van der Waals surface area (Å²) in [5.74, 6) is 0.141. The Hall–Kier alpha value is -2.34. The number of rotatable bonds is 4. The smallest absolute Gasteiger partial charge is 0.255 e. The Balaban J connectivity index is 1.57. The quantitative estimate of drug-likeness (QED) is 0.798. The monoisotopic (exact) mass is 429 g/mol. The van der Waals surface area contributed by atoms with Gasteiger partial charge in [0.05, 0.1) is 0 Å². The summed E-state index contributed by atoms with van der Waals surface area (Å²) in [5, 5.41) is 2.92. The lowest BCUT2D eigenvalue weighted by atomic mass is 10.1. The van der Waals surface area contributed by atoms with Gasteiger partial charge in [0, 0.05) is 53.5 Å². The van der Waals surface area contributed by atoms with Crippen LogP contribution in [-0.4, -0.2) is 42.9 Å². The van der Waals surface area contributed by atoms with Crippen LogP contribution in [0.1, 0.15) is 24.2 Å². The lowest BCUT2D eigenvalue weighted by Crippen LogP contribution is -2.49. The molecule has 1 aliphatic heterocycles. The standard InChI is InChI=1S/C21H24BrN3O2/c1-15(2)21(27)25-13-11-24(12-14-25)19-9-7-18(8-10-19)23-20(26)16-3-5-17(22)6-4-16/h3-10,15H,11-14H2,1-2H3,(H,23,26). The van der Waals surface area contributed by atoms with E-state index in [9.17, 15) is 9.59 Å². The van der Waals surface area contributed by atoms with Gasteiger partial charge in [0.15, 0.2) is 0 Å². The molecule has 142 valence electrons. The van der Waals surface area contributed by atoms with E-state index in [-0.39, 0.29) is 17.7 Å². The number of nitrogens with zero attached hydrogens (tertiary/aromatic N) is 2. The molecule has 0 spiro atoms. The van der Waals surface area contributed by atoms with Crippen molar-refractivity contribution in [3.8, 4) is 0 Å². The molecule has 1 heterocycles. The molecule has 27 heavy (non-hydrogen) atoms. The van der Waals surface area contributed by atoms with Crippen LogP contribution in [0.2, 0.25) is 0 Å². The molecule has 0 saturated carbocycles. The van der Waals surface area contributed by atoms with Gasteiger partial charge in [-0.15, -0.1) is 0 Å². The lowest BCUT2D eigenvalue weighted by Gasteiger charge is -2.37. The van der Waals surface area contributed by atoms with E-state index in [4.69, 9.17) is 0 Å². The summed E-state index contributed by atoms with van der Waals surface area (Å²) >= 11 is 3.37. The van der Waals surface area contributed by atoms with Gasteiger partial charge in [-0.05, 0) is 48.5 Å². The van der Waals surface area contributed by atoms with Gasteiger partial charge >= 0.3 is 0 Å². The molecule has 5 nitrogen and oxygen atoms in total. The first-order chi connectivity index (χ1) is 12.9. The number of hydrogen-bond acceptors (Lipinski definition) is 3. The molecule has 0 bridgehead atoms. The number of piperazine rings is 1. The van der Waals surface area contributed by atoms with Crippen LogP contribution in [0.3, 0.4) is 0 Å². The minimum Gasteiger partial charge on any atom is -0.368 e. The Morgan fingerprint density at radius 1 is 0.926 bits per heavy atom. The molecular weight excluding hydrogens is 406 g/mol. The lowest BCUT2D eigenvalue weighted by molar-refractivity contribution is -0.134. The maximum absolute atomic E-state index is 12.3. The zero-order valence-corrected chi connectivity index (χ0v) is 17.2. The van der Waals surface area contributed by atoms with Crippen LogP contribution in [0.5, 0.6) is 0 Å². The Labute approximate surface area is 168 Å². The molecule has 0 radical (unpaired) electrons. The van der Waals surface area contributed by atoms with Crippen LogP contribution in [0, 0.1) is 5.92 Å². The van der Waals surface area contributed by atoms with Gasteiger partial charge in [-0.1, -0.05) is 29.8 Å². The minimum absolute atomic E-state index is 0.0465. The van der Waals surface area contributed by atoms with E-state index in [0.717, 1.165) is 42.0 Å². The first-order valence-corrected chi connectivity index (χ1v) is 9.94. The molecule has 1 fully saturated rings. The first kappa shape index (κ1) is 19.4. The highest BCUT2D eigenvalue weighted by Gasteiger charge is 2.22. The topological polar surface area (TPSA) is 52.7 Å². The first-order valence-electron chi connectivity index (χ1n) is 9.15. The van der Waals surface area contributed by atoms with Gasteiger partial charge in [0.25, 0.3) is 5.91 Å². The van der Waals surface area contributed by atoms with Gasteiger partial charge < -0.3 is 15.1 Å². The van der Waals surface area contributed by atoms with Gasteiger partial charge in [0.2, 0.25) is 5.91 Å². The van der Waals surface area contributed by atoms with Crippen molar-refractivity contribution < 1.29 is 9.59 Å². The van der Waals surface area contributed by atoms with Crippen LogP contribution >= 0.6 is 15.9 Å². The van der Waals surface area contributed by atoms with Crippen molar-refractivity contribution in [3.05, 3.63) is 58.6 Å². The fourth-order valence-electron chi connectivity index (χ4n) is 3.11. The van der Waals surface area contributed by atoms with Crippen LogP contribution < -0.4 is 10.2 Å². The summed E-state index contributed by atoms with van der Waals surface area (Å²) in [5.41, 5.74) is 2.49. The third kappa shape index (κ3) is 4.89. The number of carbonyl (C=O) groups excluding carboxylic acids is 2. The Morgan fingerprint density at radius 3 is 2.07 bits per heavy atom. The van der Waals surface area contributed by atoms with Crippen molar-refractivity contribution in [2.45, 2.75) is 13.8 Å². The molecule has 2 aromatic rings. The fourth-order valence-corrected chi connectivity index (χ4v) is 3.37. The van der Waals surface area contributed by atoms with Crippen molar-refractivity contribution in [3.63, 3.8) is 0 Å². The normalized spacial score (nSPS) is 14.4. The largest absolute Gasteiger partial charge is 0.368 e. The summed E-state index contributed by atoms with van der Waals surface area (Å²) < 4.78 is 0.943. The molecule has 1 aliphatic rings. The van der Waals surface area contributed by atoms with E-state index in [1.54, 1.807) is 12.1 Å². The number of carbonyl (C=O) groups is 2. The van der Waals surface area contributed by atoms with Gasteiger partial charge in [-0.3, -0.25) is 9.59 Å². The van der Waals surface area contributed by atoms with Crippen molar-refractivity contribution >= 4 is 39.1 Å². The van der Waals surface area contributed by atoms with Crippen LogP contribution in [0.15, 0.2) is 53.0 Å². The van der Waals surface area contributed by atoms with E-state index in [2.05, 4.69) is 26.1 Å². The molecule has 2 aromatic carbocycles. The zero-order valence-electron chi connectivity index (χ0n) is 15.6. The molecule has 0 atom stereocenters. The number of amides is 2. The summed E-state index contributed by atoms with van der Waals surface area (Å²) in [7, 11) is 0. The van der Waals surface area contributed by atoms with E-state index >= 15 is 0 Å². The minimum atomic E-state index is -0.129. The van der Waals surface area contributed by atoms with Crippen LogP contribution in [0.4, 0.5) is 11.4 Å². The zero-order chi connectivity index (χ0) is 19.4. The van der Waals surface area contributed by atoms with E-state index in [1.165, 1.54) is 0 Å². The second-order valence-corrected chi connectivity index (χ2v) is 7.89. The summed E-state index contributed by atoms with van der Waals surface area (Å²) in [4.78, 5) is 28.6. The van der Waals surface area contributed by atoms with E-state index in [0.29, 0.717) is 5.56 Å². The van der Waals surface area contributed by atoms with E-state index in [1.807, 2.05) is 55.1 Å². The van der Waals surface area contributed by atoms with Crippen LogP contribution in [-0.2, 0) is 4.79 Å². The summed E-state index contributed by atoms with van der Waals surface area (Å²) in [6, 6.07) is 15.1. The number of halogens is 1. The average Bonchev–Trinajstić information content (AvgIpc) is 2.68. The maximum atomic E-state index is 12.3. The second kappa shape index (κ2) is 8.57. The summed E-state index contributed by atoms with van der Waals surface area (Å²) in [6.07, 6.45) is 0. The Morgan fingerprint density at radius 2 is 1.52 bits per heavy atom. The van der Waals surface area contributed by atoms with Crippen molar-refractivity contribution in [2.24, 2.45) is 5.92 Å². The molecule has 3 rings (SSSR count). The van der Waals surface area contributed by atoms with Crippen molar-refractivity contribution in [2.75, 3.05) is 36.4 Å². The third-order valence-electron chi connectivity index (χ3n) is 4.68. The third-order valence-corrected chi connectivity index (χ3v) is 5.21. The molecule has 0 aromatic heterocycles. The highest BCUT2D eigenvalue weighted by Crippen LogP contribution is 2.21. The fraction of sp³-hybridized carbons (Fsp3) is 0.333. The molecule has 1 N–H and O–H groups in total. The SMILES string of the molecule is CC(C)C(=O)N1CCN(c2ccc(NC(=O)c3ccc(Br)cc3)cc2)CC1. The number of hydrogen-bond donors (Lipinski definition) is 1. The maximum Gasteiger partial charge on any atom is 0.255 e. The molecule has 6 heteroatoms. The van der Waals surface area contributed by atoms with Gasteiger partial charge in [-0.25, -0.2) is 0 Å². The highest BCUT2D eigenvalue weighted by molar-refractivity contribution is 9.10. The predicted molar refractivity (Wildman–Crippen MR) is 112 cm³/mol. The highest BCUT2D eigenvalue weighted by atomic mass is 79.9. The number of anilines is 2. The van der Waals surface area contributed by atoms with Gasteiger partial charge in [0.1, 0.15) is 0 Å². The molecular formula is C21H24BrN3O2. The Bertz CT molecular complexity index is 795. The Kier molecular flexibility index (Phi) is 6.16. The molecule has 1 saturated heterocycles. The van der Waals surface area contributed by atoms with Crippen LogP contribution in [0.25, 0.3) is 0 Å². The number of nitrogens with one attached hydrogen (secondary N) is 1. The second-order valence-electron chi connectivity index (χ2n) is 6.97. The molecule has 0 aliphatic carbocycles. The van der Waals surface area contributed by atoms with Crippen molar-refractivity contribution in [1.82, 2.24) is 4.90 Å². The number of benzene rings is 2. The molecule has 0 unspecified atom stereocenters. The van der Waals surface area contributed by atoms with Crippen molar-refractivity contribution in [1.29, 1.82) is 0 Å². The molecule has 2 amide bonds. The summed E-state index contributed by atoms with van der Waals surface area (Å²) in [6.45, 7) is 7.02. The average molecular weight is 430 g/mol. The van der Waals surface area contributed by atoms with E-state index < -0.39 is 0 Å². The predicted octanol–water partition coefficient (Wildman–Crippen LogP) is 4.01. The van der Waals surface area contributed by atoms with Gasteiger partial charge in [-0.2, -0.15) is 0 Å².